The fraction of sp³-hybridized carbons (Fsp3) is 0.500. The van der Waals surface area contributed by atoms with E-state index in [1.54, 1.807) is 24.3 Å². The molecule has 0 rings (SSSR count). The number of carboxylic acid groups (broad SMARTS) is 2. The quantitative estimate of drug-likeness (QED) is 0.0507. The molecule has 0 aromatic rings. The molecule has 0 bridgehead atoms. The topological polar surface area (TPSA) is 144 Å². The predicted octanol–water partition coefficient (Wildman–Crippen LogP) is 3.44. The van der Waals surface area contributed by atoms with Crippen molar-refractivity contribution in [3.63, 3.8) is 0 Å². The maximum atomic E-state index is 12.5. The summed E-state index contributed by atoms with van der Waals surface area (Å²) in [6, 6.07) is 0. The second kappa shape index (κ2) is 56.5. The van der Waals surface area contributed by atoms with Crippen LogP contribution in [0, 0.1) is 0 Å². The van der Waals surface area contributed by atoms with Gasteiger partial charge in [0.1, 0.15) is 0 Å². The van der Waals surface area contributed by atoms with Crippen molar-refractivity contribution in [1.82, 2.24) is 4.90 Å². The molecule has 10 heteroatoms. The minimum absolute atomic E-state index is 0. The second-order valence-electron chi connectivity index (χ2n) is 12.8. The van der Waals surface area contributed by atoms with Gasteiger partial charge in [0.2, 0.25) is 0 Å². The molecule has 0 spiro atoms. The number of carbonyl (C=O) groups is 4. The largest absolute Gasteiger partial charge is 1.00 e. The molecular weight excluding hydrogens is 747 g/mol. The van der Waals surface area contributed by atoms with Crippen molar-refractivity contribution >= 4 is 23.8 Å². The number of carbonyl (C=O) groups excluding carboxylic acids is 4. The fourth-order valence-electron chi connectivity index (χ4n) is 4.47. The summed E-state index contributed by atoms with van der Waals surface area (Å²) >= 11 is 0. The second-order valence-corrected chi connectivity index (χ2v) is 12.8. The number of allylic oxidation sites excluding steroid dienone is 18. The third-order valence-electron chi connectivity index (χ3n) is 7.72. The Morgan fingerprint density at radius 3 is 0.966 bits per heavy atom. The van der Waals surface area contributed by atoms with Gasteiger partial charge in [0.25, 0.3) is 11.8 Å². The number of amides is 2. The van der Waals surface area contributed by atoms with Gasteiger partial charge in [-0.25, -0.2) is 0 Å². The van der Waals surface area contributed by atoms with Gasteiger partial charge >= 0.3 is 59.1 Å². The molecule has 0 aliphatic rings. The first kappa shape index (κ1) is 64.6. The summed E-state index contributed by atoms with van der Waals surface area (Å²) in [5.74, 6) is -2.78. The van der Waals surface area contributed by atoms with Crippen molar-refractivity contribution in [2.45, 2.75) is 143 Å². The van der Waals surface area contributed by atoms with Crippen LogP contribution in [-0.2, 0) is 19.2 Å². The van der Waals surface area contributed by atoms with Crippen LogP contribution in [0.2, 0.25) is 0 Å². The molecular formula is C48H74N2Na2O6. The van der Waals surface area contributed by atoms with E-state index in [1.807, 2.05) is 60.8 Å². The molecule has 0 atom stereocenters. The first-order valence-electron chi connectivity index (χ1n) is 20.8. The summed E-state index contributed by atoms with van der Waals surface area (Å²) in [6.07, 6.45) is 58.6. The normalized spacial score (nSPS) is 11.7. The summed E-state index contributed by atoms with van der Waals surface area (Å²) in [5.41, 5.74) is 5.63. The Morgan fingerprint density at radius 1 is 0.431 bits per heavy atom. The van der Waals surface area contributed by atoms with Crippen LogP contribution in [-0.4, -0.2) is 41.7 Å². The molecule has 0 aromatic heterocycles. The van der Waals surface area contributed by atoms with Crippen molar-refractivity contribution in [2.75, 3.05) is 13.1 Å². The molecule has 2 amide bonds. The Bertz CT molecular complexity index is 1180. The van der Waals surface area contributed by atoms with Crippen LogP contribution in [0.3, 0.4) is 0 Å². The van der Waals surface area contributed by atoms with Crippen molar-refractivity contribution in [1.29, 1.82) is 0 Å². The van der Waals surface area contributed by atoms with E-state index in [1.165, 1.54) is 116 Å². The summed E-state index contributed by atoms with van der Waals surface area (Å²) in [7, 11) is 0. The van der Waals surface area contributed by atoms with Crippen LogP contribution in [0.25, 0.3) is 0 Å². The van der Waals surface area contributed by atoms with Gasteiger partial charge in [-0.1, -0.05) is 214 Å². The molecule has 0 heterocycles. The number of imide groups is 1. The summed E-state index contributed by atoms with van der Waals surface area (Å²) in [5, 5.41) is 18.5. The Hall–Kier alpha value is -2.56. The zero-order chi connectivity index (χ0) is 42.2. The Morgan fingerprint density at radius 2 is 0.690 bits per heavy atom. The molecule has 0 radical (unpaired) electrons. The molecule has 0 aliphatic carbocycles. The third-order valence-corrected chi connectivity index (χ3v) is 7.72. The minimum Gasteiger partial charge on any atom is -0.550 e. The van der Waals surface area contributed by atoms with E-state index in [0.29, 0.717) is 0 Å². The van der Waals surface area contributed by atoms with Gasteiger partial charge < -0.3 is 25.5 Å². The Balaban J connectivity index is -0.000000689. The Labute approximate surface area is 397 Å². The summed E-state index contributed by atoms with van der Waals surface area (Å²) in [6.45, 7) is 7.94. The zero-order valence-electron chi connectivity index (χ0n) is 37.2. The van der Waals surface area contributed by atoms with Crippen LogP contribution in [0.4, 0.5) is 0 Å². The number of carboxylic acids is 2. The van der Waals surface area contributed by atoms with Crippen molar-refractivity contribution in [3.8, 4) is 0 Å². The predicted molar refractivity (Wildman–Crippen MR) is 233 cm³/mol. The summed E-state index contributed by atoms with van der Waals surface area (Å²) < 4.78 is 0. The third kappa shape index (κ3) is 57.8. The monoisotopic (exact) mass is 821 g/mol. The molecule has 0 aromatic carbocycles. The smallest absolute Gasteiger partial charge is 0.550 e. The van der Waals surface area contributed by atoms with E-state index >= 15 is 0 Å². The van der Waals surface area contributed by atoms with Gasteiger partial charge in [-0.05, 0) is 38.5 Å². The number of nitrogens with two attached hydrogens (primary N) is 1. The van der Waals surface area contributed by atoms with Crippen LogP contribution >= 0.6 is 0 Å². The van der Waals surface area contributed by atoms with Gasteiger partial charge in [0, 0.05) is 37.2 Å². The molecule has 58 heavy (non-hydrogen) atoms. The number of hydrogen-bond donors (Lipinski definition) is 1. The van der Waals surface area contributed by atoms with Gasteiger partial charge in [0.15, 0.2) is 0 Å². The van der Waals surface area contributed by atoms with Gasteiger partial charge in [-0.15, -0.1) is 0 Å². The molecule has 0 unspecified atom stereocenters. The molecule has 0 aliphatic heterocycles. The Kier molecular flexibility index (Phi) is 63.0. The molecule has 0 fully saturated rings. The molecule has 2 N–H and O–H groups in total. The number of unbranched alkanes of at least 4 members (excludes halogenated alkanes) is 14. The first-order chi connectivity index (χ1) is 27.2. The maximum Gasteiger partial charge on any atom is 1.00 e. The van der Waals surface area contributed by atoms with Crippen molar-refractivity contribution in [3.05, 3.63) is 122 Å². The van der Waals surface area contributed by atoms with Crippen LogP contribution in [0.15, 0.2) is 122 Å². The molecule has 8 nitrogen and oxygen atoms in total. The van der Waals surface area contributed by atoms with E-state index in [0.717, 1.165) is 17.7 Å². The average Bonchev–Trinajstić information content (AvgIpc) is 3.19. The molecule has 314 valence electrons. The van der Waals surface area contributed by atoms with Gasteiger partial charge in [0.05, 0.1) is 0 Å². The first-order valence-corrected chi connectivity index (χ1v) is 20.8. The fourth-order valence-corrected chi connectivity index (χ4v) is 4.47. The van der Waals surface area contributed by atoms with E-state index in [9.17, 15) is 29.4 Å². The van der Waals surface area contributed by atoms with Crippen LogP contribution in [0.1, 0.15) is 143 Å². The summed E-state index contributed by atoms with van der Waals surface area (Å²) in [4.78, 5) is 44.7. The van der Waals surface area contributed by atoms with E-state index in [4.69, 9.17) is 5.73 Å². The van der Waals surface area contributed by atoms with E-state index < -0.39 is 23.8 Å². The van der Waals surface area contributed by atoms with Crippen LogP contribution < -0.4 is 75.1 Å². The number of hydrogen-bond acceptors (Lipinski definition) is 7. The van der Waals surface area contributed by atoms with E-state index in [2.05, 4.69) is 38.2 Å². The number of aliphatic carboxylic acids is 2. The minimum atomic E-state index is -0.995. The average molecular weight is 821 g/mol. The molecule has 0 saturated carbocycles. The molecule has 0 saturated heterocycles. The number of nitrogens with zero attached hydrogens (tertiary/aromatic N) is 1. The maximum absolute atomic E-state index is 12.5. The van der Waals surface area contributed by atoms with Gasteiger partial charge in [-0.3, -0.25) is 14.5 Å². The van der Waals surface area contributed by atoms with Gasteiger partial charge in [-0.2, -0.15) is 0 Å². The van der Waals surface area contributed by atoms with Crippen LogP contribution in [0.5, 0.6) is 0 Å². The van der Waals surface area contributed by atoms with E-state index in [-0.39, 0.29) is 85.0 Å². The zero-order valence-corrected chi connectivity index (χ0v) is 41.2. The number of rotatable bonds is 30. The standard InChI is InChI=1S/C42H64N2O2.2C3H6O2.2Na/c1-3-5-7-9-11-13-15-17-19-21-23-25-27-29-31-33-35-37-41(45)44(40-39-43)42(46)38-36-34-32-30-28-26-24-22-20-18-16-14-12-10-8-6-4-2;2*1-2-3(4)5;;/h19-38H,3-18,39-40,43H2,1-2H3;2*2H2,1H3,(H,4,5);;/q;;;2*+1/p-2. The van der Waals surface area contributed by atoms with Crippen molar-refractivity contribution in [2.24, 2.45) is 5.73 Å². The SMILES string of the molecule is CCC(=O)[O-].CCC(=O)[O-].CCCCCCCCCC=CC=CC=CC=CC=CC(=O)N(CCN)C(=O)C=CC=CC=CC=CC=CCCCCCCCCC.[Na+].[Na+]. The van der Waals surface area contributed by atoms with Crippen molar-refractivity contribution < 1.29 is 88.5 Å².